The average Bonchev–Trinajstić information content (AvgIpc) is 2.28. The predicted molar refractivity (Wildman–Crippen MR) is 66.0 cm³/mol. The molecule has 0 saturated heterocycles. The molecule has 0 spiro atoms. The van der Waals surface area contributed by atoms with Gasteiger partial charge >= 0.3 is 5.69 Å². The minimum absolute atomic E-state index is 0.0706. The van der Waals surface area contributed by atoms with Crippen LogP contribution in [0.5, 0.6) is 0 Å². The van der Waals surface area contributed by atoms with E-state index in [-0.39, 0.29) is 11.9 Å². The molecule has 1 aromatic rings. The third kappa shape index (κ3) is 2.94. The summed E-state index contributed by atoms with van der Waals surface area (Å²) < 4.78 is 2.13. The highest BCUT2D eigenvalue weighted by Crippen LogP contribution is 1.98. The van der Waals surface area contributed by atoms with Crippen molar-refractivity contribution < 1.29 is 0 Å². The number of anilines is 1. The summed E-state index contributed by atoms with van der Waals surface area (Å²) in [6.45, 7) is 4.44. The Bertz CT molecular complexity index is 502. The van der Waals surface area contributed by atoms with E-state index in [1.165, 1.54) is 14.1 Å². The number of hydrogen-bond acceptors (Lipinski definition) is 5. The second kappa shape index (κ2) is 5.13. The first kappa shape index (κ1) is 13.4. The maximum absolute atomic E-state index is 11.7. The van der Waals surface area contributed by atoms with Gasteiger partial charge in [0, 0.05) is 26.7 Å². The van der Waals surface area contributed by atoms with Crippen LogP contribution in [0.15, 0.2) is 9.59 Å². The van der Waals surface area contributed by atoms with Crippen molar-refractivity contribution in [1.82, 2.24) is 14.3 Å². The van der Waals surface area contributed by atoms with E-state index in [9.17, 15) is 9.59 Å². The summed E-state index contributed by atoms with van der Waals surface area (Å²) in [5.41, 5.74) is 4.96. The van der Waals surface area contributed by atoms with E-state index in [4.69, 9.17) is 5.73 Å². The average molecular weight is 241 g/mol. The number of rotatable bonds is 4. The smallest absolute Gasteiger partial charge is 0.346 e. The van der Waals surface area contributed by atoms with Crippen molar-refractivity contribution in [2.45, 2.75) is 19.9 Å². The summed E-state index contributed by atoms with van der Waals surface area (Å²) in [7, 11) is 2.91. The fourth-order valence-electron chi connectivity index (χ4n) is 1.26. The molecule has 1 atom stereocenters. The fourth-order valence-corrected chi connectivity index (χ4v) is 1.26. The molecule has 96 valence electrons. The molecule has 0 aliphatic rings. The molecule has 0 radical (unpaired) electrons. The maximum Gasteiger partial charge on any atom is 0.346 e. The van der Waals surface area contributed by atoms with Crippen LogP contribution in [0.3, 0.4) is 0 Å². The summed E-state index contributed by atoms with van der Waals surface area (Å²) in [6.07, 6.45) is 0. The molecule has 0 fully saturated rings. The SMILES string of the molecule is CC(C)C(N)CNc1nn(C)c(=O)n(C)c1=O. The molecule has 1 aromatic heterocycles. The van der Waals surface area contributed by atoms with E-state index in [0.29, 0.717) is 12.5 Å². The highest BCUT2D eigenvalue weighted by molar-refractivity contribution is 5.29. The van der Waals surface area contributed by atoms with Gasteiger partial charge in [0.25, 0.3) is 5.56 Å². The summed E-state index contributed by atoms with van der Waals surface area (Å²) in [5, 5.41) is 6.74. The second-order valence-electron chi connectivity index (χ2n) is 4.41. The van der Waals surface area contributed by atoms with Crippen LogP contribution < -0.4 is 22.3 Å². The molecule has 0 aliphatic carbocycles. The van der Waals surface area contributed by atoms with Gasteiger partial charge in [0.1, 0.15) is 0 Å². The largest absolute Gasteiger partial charge is 0.362 e. The van der Waals surface area contributed by atoms with E-state index in [1.807, 2.05) is 13.8 Å². The Balaban J connectivity index is 2.94. The first-order valence-corrected chi connectivity index (χ1v) is 5.48. The summed E-state index contributed by atoms with van der Waals surface area (Å²) in [4.78, 5) is 23.1. The van der Waals surface area contributed by atoms with Crippen LogP contribution in [0, 0.1) is 5.92 Å². The van der Waals surface area contributed by atoms with Crippen molar-refractivity contribution in [3.8, 4) is 0 Å². The quantitative estimate of drug-likeness (QED) is 0.696. The summed E-state index contributed by atoms with van der Waals surface area (Å²) in [6, 6.07) is -0.0706. The Labute approximate surface area is 99.2 Å². The van der Waals surface area contributed by atoms with Crippen LogP contribution in [-0.4, -0.2) is 26.9 Å². The lowest BCUT2D eigenvalue weighted by Gasteiger charge is -2.16. The Morgan fingerprint density at radius 3 is 2.47 bits per heavy atom. The van der Waals surface area contributed by atoms with Crippen LogP contribution in [0.4, 0.5) is 5.82 Å². The number of nitrogens with zero attached hydrogens (tertiary/aromatic N) is 3. The molecule has 0 aromatic carbocycles. The Morgan fingerprint density at radius 1 is 1.35 bits per heavy atom. The van der Waals surface area contributed by atoms with E-state index in [0.717, 1.165) is 9.25 Å². The highest BCUT2D eigenvalue weighted by Gasteiger charge is 2.11. The molecule has 0 amide bonds. The molecule has 1 rings (SSSR count). The molecule has 0 saturated carbocycles. The predicted octanol–water partition coefficient (Wildman–Crippen LogP) is -1.13. The zero-order chi connectivity index (χ0) is 13.2. The zero-order valence-electron chi connectivity index (χ0n) is 10.6. The number of nitrogens with two attached hydrogens (primary N) is 1. The van der Waals surface area contributed by atoms with Crippen molar-refractivity contribution in [2.24, 2.45) is 25.7 Å². The van der Waals surface area contributed by atoms with Gasteiger partial charge in [-0.2, -0.15) is 0 Å². The number of hydrogen-bond donors (Lipinski definition) is 2. The van der Waals surface area contributed by atoms with E-state index < -0.39 is 11.2 Å². The fraction of sp³-hybridized carbons (Fsp3) is 0.700. The molecule has 0 bridgehead atoms. The van der Waals surface area contributed by atoms with Gasteiger partial charge in [0.15, 0.2) is 0 Å². The van der Waals surface area contributed by atoms with Crippen molar-refractivity contribution >= 4 is 5.82 Å². The van der Waals surface area contributed by atoms with Crippen LogP contribution in [0.2, 0.25) is 0 Å². The molecule has 1 unspecified atom stereocenters. The van der Waals surface area contributed by atoms with Gasteiger partial charge in [-0.1, -0.05) is 13.8 Å². The standard InChI is InChI=1S/C10H19N5O2/c1-6(2)7(11)5-12-8-9(16)14(3)10(17)15(4)13-8/h6-7H,5,11H2,1-4H3,(H,12,13). The molecule has 0 aliphatic heterocycles. The van der Waals surface area contributed by atoms with Crippen LogP contribution in [-0.2, 0) is 14.1 Å². The number of nitrogens with one attached hydrogen (secondary N) is 1. The van der Waals surface area contributed by atoms with Crippen molar-refractivity contribution in [3.63, 3.8) is 0 Å². The zero-order valence-corrected chi connectivity index (χ0v) is 10.6. The molecular weight excluding hydrogens is 222 g/mol. The van der Waals surface area contributed by atoms with Crippen LogP contribution in [0.25, 0.3) is 0 Å². The van der Waals surface area contributed by atoms with Gasteiger partial charge in [-0.15, -0.1) is 5.10 Å². The Kier molecular flexibility index (Phi) is 4.06. The third-order valence-corrected chi connectivity index (χ3v) is 2.68. The molecule has 3 N–H and O–H groups in total. The normalized spacial score (nSPS) is 12.8. The van der Waals surface area contributed by atoms with Gasteiger partial charge in [0.2, 0.25) is 5.82 Å². The lowest BCUT2D eigenvalue weighted by molar-refractivity contribution is 0.508. The Hall–Kier alpha value is -1.63. The summed E-state index contributed by atoms with van der Waals surface area (Å²) >= 11 is 0. The highest BCUT2D eigenvalue weighted by atomic mass is 16.2. The molecule has 7 heteroatoms. The Morgan fingerprint density at radius 2 is 1.94 bits per heavy atom. The minimum atomic E-state index is -0.450. The van der Waals surface area contributed by atoms with Gasteiger partial charge in [-0.05, 0) is 5.92 Å². The number of aromatic nitrogens is 3. The number of aryl methyl sites for hydroxylation is 1. The van der Waals surface area contributed by atoms with Crippen LogP contribution in [0.1, 0.15) is 13.8 Å². The van der Waals surface area contributed by atoms with Gasteiger partial charge in [-0.3, -0.25) is 9.36 Å². The molecule has 7 nitrogen and oxygen atoms in total. The van der Waals surface area contributed by atoms with E-state index in [1.54, 1.807) is 0 Å². The van der Waals surface area contributed by atoms with Crippen molar-refractivity contribution in [2.75, 3.05) is 11.9 Å². The van der Waals surface area contributed by atoms with Gasteiger partial charge in [0.05, 0.1) is 0 Å². The molecule has 17 heavy (non-hydrogen) atoms. The van der Waals surface area contributed by atoms with Crippen LogP contribution >= 0.6 is 0 Å². The van der Waals surface area contributed by atoms with E-state index in [2.05, 4.69) is 10.4 Å². The lowest BCUT2D eigenvalue weighted by atomic mass is 10.1. The van der Waals surface area contributed by atoms with E-state index >= 15 is 0 Å². The second-order valence-corrected chi connectivity index (χ2v) is 4.41. The molecular formula is C10H19N5O2. The third-order valence-electron chi connectivity index (χ3n) is 2.68. The minimum Gasteiger partial charge on any atom is -0.362 e. The summed E-state index contributed by atoms with van der Waals surface area (Å²) in [5.74, 6) is 0.449. The van der Waals surface area contributed by atoms with Crippen molar-refractivity contribution in [3.05, 3.63) is 20.8 Å². The maximum atomic E-state index is 11.7. The first-order chi connectivity index (χ1) is 7.84. The van der Waals surface area contributed by atoms with Gasteiger partial charge < -0.3 is 11.1 Å². The topological polar surface area (TPSA) is 94.9 Å². The monoisotopic (exact) mass is 241 g/mol. The lowest BCUT2D eigenvalue weighted by Crippen LogP contribution is -2.42. The first-order valence-electron chi connectivity index (χ1n) is 5.48. The van der Waals surface area contributed by atoms with Crippen molar-refractivity contribution in [1.29, 1.82) is 0 Å². The van der Waals surface area contributed by atoms with Gasteiger partial charge in [-0.25, -0.2) is 9.48 Å². The molecule has 1 heterocycles.